The molecule has 1 aromatic rings. The summed E-state index contributed by atoms with van der Waals surface area (Å²) >= 11 is 5.02. The van der Waals surface area contributed by atoms with E-state index in [9.17, 15) is 18.1 Å². The minimum atomic E-state index is -3.83. The lowest BCUT2D eigenvalue weighted by Gasteiger charge is -2.24. The first kappa shape index (κ1) is 18.1. The molecule has 0 radical (unpaired) electrons. The zero-order chi connectivity index (χ0) is 16.0. The second-order valence-corrected chi connectivity index (χ2v) is 6.43. The van der Waals surface area contributed by atoms with E-state index in [1.807, 2.05) is 6.92 Å². The SMILES string of the molecule is CCO/C=C/[C@@H](O)C(S(=O)c1ccc(C)cc1)C(F)(F)Cl. The van der Waals surface area contributed by atoms with Crippen LogP contribution in [0.5, 0.6) is 0 Å². The van der Waals surface area contributed by atoms with Crippen LogP contribution in [-0.4, -0.2) is 32.7 Å². The molecular weight excluding hydrogens is 322 g/mol. The van der Waals surface area contributed by atoms with Crippen molar-refractivity contribution in [3.63, 3.8) is 0 Å². The van der Waals surface area contributed by atoms with Gasteiger partial charge in [-0.05, 0) is 43.7 Å². The molecule has 0 fully saturated rings. The fraction of sp³-hybridized carbons (Fsp3) is 0.429. The van der Waals surface area contributed by atoms with Crippen LogP contribution in [0.2, 0.25) is 0 Å². The van der Waals surface area contributed by atoms with Crippen LogP contribution >= 0.6 is 11.6 Å². The molecule has 1 N–H and O–H groups in total. The summed E-state index contributed by atoms with van der Waals surface area (Å²) in [4.78, 5) is 0.176. The summed E-state index contributed by atoms with van der Waals surface area (Å²) in [7, 11) is -2.17. The topological polar surface area (TPSA) is 46.5 Å². The van der Waals surface area contributed by atoms with Crippen molar-refractivity contribution >= 4 is 22.4 Å². The summed E-state index contributed by atoms with van der Waals surface area (Å²) in [5.41, 5.74) is 0.904. The van der Waals surface area contributed by atoms with E-state index in [-0.39, 0.29) is 4.90 Å². The van der Waals surface area contributed by atoms with E-state index in [4.69, 9.17) is 16.3 Å². The molecule has 0 aromatic heterocycles. The maximum atomic E-state index is 13.5. The van der Waals surface area contributed by atoms with Crippen LogP contribution in [0.25, 0.3) is 0 Å². The average Bonchev–Trinajstić information content (AvgIpc) is 2.38. The monoisotopic (exact) mass is 338 g/mol. The summed E-state index contributed by atoms with van der Waals surface area (Å²) in [6, 6.07) is 6.25. The molecule has 1 rings (SSSR count). The van der Waals surface area contributed by atoms with Crippen LogP contribution in [0.4, 0.5) is 8.78 Å². The second kappa shape index (κ2) is 7.87. The van der Waals surface area contributed by atoms with Crippen LogP contribution in [0, 0.1) is 6.92 Å². The van der Waals surface area contributed by atoms with Crippen molar-refractivity contribution in [1.82, 2.24) is 0 Å². The Hall–Kier alpha value is -0.980. The zero-order valence-electron chi connectivity index (χ0n) is 11.6. The van der Waals surface area contributed by atoms with E-state index in [2.05, 4.69) is 0 Å². The van der Waals surface area contributed by atoms with Crippen molar-refractivity contribution in [2.75, 3.05) is 6.61 Å². The predicted molar refractivity (Wildman–Crippen MR) is 78.9 cm³/mol. The van der Waals surface area contributed by atoms with Gasteiger partial charge < -0.3 is 9.84 Å². The summed E-state index contributed by atoms with van der Waals surface area (Å²) < 4.78 is 44.1. The normalized spacial score (nSPS) is 16.7. The third-order valence-corrected chi connectivity index (χ3v) is 4.79. The van der Waals surface area contributed by atoms with Gasteiger partial charge in [-0.1, -0.05) is 17.7 Å². The molecule has 0 heterocycles. The van der Waals surface area contributed by atoms with Gasteiger partial charge in [0.2, 0.25) is 0 Å². The number of halogens is 3. The Balaban J connectivity index is 3.02. The lowest BCUT2D eigenvalue weighted by Crippen LogP contribution is -2.41. The molecule has 21 heavy (non-hydrogen) atoms. The maximum absolute atomic E-state index is 13.5. The highest BCUT2D eigenvalue weighted by Gasteiger charge is 2.46. The third-order valence-electron chi connectivity index (χ3n) is 2.66. The highest BCUT2D eigenvalue weighted by Crippen LogP contribution is 2.33. The number of aryl methyl sites for hydroxylation is 1. The fourth-order valence-electron chi connectivity index (χ4n) is 1.59. The second-order valence-electron chi connectivity index (χ2n) is 4.35. The number of alkyl halides is 3. The van der Waals surface area contributed by atoms with Crippen LogP contribution in [0.15, 0.2) is 41.5 Å². The van der Waals surface area contributed by atoms with Crippen LogP contribution < -0.4 is 0 Å². The number of aliphatic hydroxyl groups excluding tert-OH is 1. The minimum Gasteiger partial charge on any atom is -0.502 e. The van der Waals surface area contributed by atoms with E-state index in [1.54, 1.807) is 19.1 Å². The van der Waals surface area contributed by atoms with Gasteiger partial charge in [0.05, 0.1) is 29.8 Å². The highest BCUT2D eigenvalue weighted by molar-refractivity contribution is 7.86. The van der Waals surface area contributed by atoms with E-state index in [1.165, 1.54) is 12.1 Å². The van der Waals surface area contributed by atoms with E-state index in [0.29, 0.717) is 6.61 Å². The van der Waals surface area contributed by atoms with Crippen LogP contribution in [0.3, 0.4) is 0 Å². The van der Waals surface area contributed by atoms with Crippen molar-refractivity contribution in [3.05, 3.63) is 42.2 Å². The summed E-state index contributed by atoms with van der Waals surface area (Å²) in [5, 5.41) is 4.03. The van der Waals surface area contributed by atoms with E-state index < -0.39 is 27.5 Å². The van der Waals surface area contributed by atoms with Gasteiger partial charge in [0, 0.05) is 4.90 Å². The molecule has 0 saturated carbocycles. The predicted octanol–water partition coefficient (Wildman–Crippen LogP) is 3.21. The third kappa shape index (κ3) is 5.37. The molecule has 0 spiro atoms. The van der Waals surface area contributed by atoms with Gasteiger partial charge in [0.25, 0.3) is 0 Å². The van der Waals surface area contributed by atoms with E-state index >= 15 is 0 Å². The number of ether oxygens (including phenoxy) is 1. The molecule has 0 amide bonds. The van der Waals surface area contributed by atoms with Gasteiger partial charge in [0.1, 0.15) is 5.25 Å². The Bertz CT molecular complexity index is 500. The molecule has 3 atom stereocenters. The van der Waals surface area contributed by atoms with Gasteiger partial charge in [0.15, 0.2) is 0 Å². The molecule has 0 bridgehead atoms. The molecule has 0 aliphatic rings. The van der Waals surface area contributed by atoms with Gasteiger partial charge in [-0.3, -0.25) is 4.21 Å². The molecule has 3 nitrogen and oxygen atoms in total. The maximum Gasteiger partial charge on any atom is 0.339 e. The molecular formula is C14H17ClF2O3S. The van der Waals surface area contributed by atoms with Crippen molar-refractivity contribution in [2.45, 2.75) is 35.5 Å². The number of rotatable bonds is 7. The molecule has 1 aromatic carbocycles. The molecule has 118 valence electrons. The first-order valence-corrected chi connectivity index (χ1v) is 7.86. The number of hydrogen-bond donors (Lipinski definition) is 1. The molecule has 2 unspecified atom stereocenters. The van der Waals surface area contributed by atoms with Gasteiger partial charge in [-0.25, -0.2) is 0 Å². The number of benzene rings is 1. The Morgan fingerprint density at radius 1 is 1.43 bits per heavy atom. The van der Waals surface area contributed by atoms with Crippen molar-refractivity contribution in [3.8, 4) is 0 Å². The first-order valence-electron chi connectivity index (χ1n) is 6.27. The average molecular weight is 339 g/mol. The smallest absolute Gasteiger partial charge is 0.339 e. The molecule has 7 heteroatoms. The zero-order valence-corrected chi connectivity index (χ0v) is 13.2. The largest absolute Gasteiger partial charge is 0.502 e. The van der Waals surface area contributed by atoms with Gasteiger partial charge in [-0.2, -0.15) is 8.78 Å². The molecule has 0 aliphatic heterocycles. The van der Waals surface area contributed by atoms with Gasteiger partial charge >= 0.3 is 5.38 Å². The Labute approximate surface area is 130 Å². The Kier molecular flexibility index (Phi) is 6.77. The lowest BCUT2D eigenvalue weighted by molar-refractivity contribution is 0.0491. The molecule has 0 aliphatic carbocycles. The standard InChI is InChI=1S/C14H17ClF2O3S/c1-3-20-9-8-12(18)13(14(15,16)17)21(19)11-6-4-10(2)5-7-11/h4-9,12-13,18H,3H2,1-2H3/b9-8+/t12-,13?,21?/m1/s1. The summed E-state index contributed by atoms with van der Waals surface area (Å²) in [5.74, 6) is 0. The lowest BCUT2D eigenvalue weighted by atomic mass is 10.2. The van der Waals surface area contributed by atoms with E-state index in [0.717, 1.165) is 17.9 Å². The van der Waals surface area contributed by atoms with Crippen molar-refractivity contribution in [2.24, 2.45) is 0 Å². The quantitative estimate of drug-likeness (QED) is 0.613. The van der Waals surface area contributed by atoms with Crippen LogP contribution in [-0.2, 0) is 15.5 Å². The Morgan fingerprint density at radius 3 is 2.48 bits per heavy atom. The number of hydrogen-bond acceptors (Lipinski definition) is 3. The molecule has 0 saturated heterocycles. The summed E-state index contributed by atoms with van der Waals surface area (Å²) in [6.45, 7) is 3.85. The van der Waals surface area contributed by atoms with Crippen LogP contribution in [0.1, 0.15) is 12.5 Å². The van der Waals surface area contributed by atoms with Gasteiger partial charge in [-0.15, -0.1) is 0 Å². The highest BCUT2D eigenvalue weighted by atomic mass is 35.5. The van der Waals surface area contributed by atoms with Crippen molar-refractivity contribution in [1.29, 1.82) is 0 Å². The summed E-state index contributed by atoms with van der Waals surface area (Å²) in [6.07, 6.45) is 0.398. The Morgan fingerprint density at radius 2 is 2.00 bits per heavy atom. The number of aliphatic hydroxyl groups is 1. The minimum absolute atomic E-state index is 0.176. The first-order chi connectivity index (χ1) is 9.77. The van der Waals surface area contributed by atoms with Crippen molar-refractivity contribution < 1.29 is 22.8 Å². The fourth-order valence-corrected chi connectivity index (χ4v) is 3.25.